The van der Waals surface area contributed by atoms with E-state index in [0.717, 1.165) is 28.8 Å². The summed E-state index contributed by atoms with van der Waals surface area (Å²) in [4.78, 5) is 17.2. The molecular weight excluding hydrogens is 328 g/mol. The number of pyridine rings is 1. The van der Waals surface area contributed by atoms with Gasteiger partial charge in [0.25, 0.3) is 5.91 Å². The van der Waals surface area contributed by atoms with Crippen LogP contribution in [0.5, 0.6) is 5.75 Å². The summed E-state index contributed by atoms with van der Waals surface area (Å²) in [6.45, 7) is 1.05. The number of aromatic nitrogens is 1. The van der Waals surface area contributed by atoms with Crippen LogP contribution in [0.3, 0.4) is 0 Å². The van der Waals surface area contributed by atoms with Gasteiger partial charge in [0.05, 0.1) is 18.3 Å². The molecule has 0 unspecified atom stereocenters. The van der Waals surface area contributed by atoms with Gasteiger partial charge in [-0.1, -0.05) is 18.2 Å². The first-order chi connectivity index (χ1) is 12.7. The summed E-state index contributed by atoms with van der Waals surface area (Å²) in [6, 6.07) is 17.2. The predicted octanol–water partition coefficient (Wildman–Crippen LogP) is 3.07. The number of nitrogens with zero attached hydrogens (tertiary/aromatic N) is 1. The molecule has 2 aromatic carbocycles. The van der Waals surface area contributed by atoms with E-state index in [-0.39, 0.29) is 5.91 Å². The van der Waals surface area contributed by atoms with Gasteiger partial charge in [0.2, 0.25) is 0 Å². The maximum atomic E-state index is 12.6. The zero-order valence-electron chi connectivity index (χ0n) is 14.7. The van der Waals surface area contributed by atoms with E-state index in [2.05, 4.69) is 15.6 Å². The molecule has 0 aliphatic heterocycles. The van der Waals surface area contributed by atoms with Crippen molar-refractivity contribution in [2.24, 2.45) is 5.73 Å². The highest BCUT2D eigenvalue weighted by Gasteiger charge is 2.15. The molecule has 0 saturated heterocycles. The SMILES string of the molecule is COc1ccc(Nc2cc3ccccc3nc2C(=O)NCCCN)cc1. The highest BCUT2D eigenvalue weighted by molar-refractivity contribution is 6.01. The van der Waals surface area contributed by atoms with Crippen molar-refractivity contribution in [2.75, 3.05) is 25.5 Å². The monoisotopic (exact) mass is 350 g/mol. The maximum Gasteiger partial charge on any atom is 0.272 e. The van der Waals surface area contributed by atoms with Crippen LogP contribution in [-0.4, -0.2) is 31.1 Å². The lowest BCUT2D eigenvalue weighted by Gasteiger charge is -2.13. The standard InChI is InChI=1S/C20H22N4O2/c1-26-16-9-7-15(8-10-16)23-18-13-14-5-2-3-6-17(14)24-19(18)20(25)22-12-4-11-21/h2-3,5-10,13,23H,4,11-12,21H2,1H3,(H,22,25). The minimum absolute atomic E-state index is 0.222. The second kappa shape index (κ2) is 8.31. The first-order valence-corrected chi connectivity index (χ1v) is 8.50. The van der Waals surface area contributed by atoms with Gasteiger partial charge in [0.1, 0.15) is 5.75 Å². The van der Waals surface area contributed by atoms with E-state index < -0.39 is 0 Å². The summed E-state index contributed by atoms with van der Waals surface area (Å²) in [5.74, 6) is 0.548. The molecule has 0 bridgehead atoms. The lowest BCUT2D eigenvalue weighted by Crippen LogP contribution is -2.27. The van der Waals surface area contributed by atoms with Gasteiger partial charge < -0.3 is 21.1 Å². The predicted molar refractivity (Wildman–Crippen MR) is 104 cm³/mol. The molecule has 0 aliphatic rings. The van der Waals surface area contributed by atoms with Crippen LogP contribution >= 0.6 is 0 Å². The van der Waals surface area contributed by atoms with Crippen molar-refractivity contribution < 1.29 is 9.53 Å². The number of fused-ring (bicyclic) bond motifs is 1. The van der Waals surface area contributed by atoms with Crippen LogP contribution in [0, 0.1) is 0 Å². The zero-order chi connectivity index (χ0) is 18.4. The molecule has 4 N–H and O–H groups in total. The number of carbonyl (C=O) groups is 1. The summed E-state index contributed by atoms with van der Waals surface area (Å²) in [6.07, 6.45) is 0.723. The third-order valence-corrected chi connectivity index (χ3v) is 3.97. The molecule has 1 aromatic heterocycles. The van der Waals surface area contributed by atoms with Crippen molar-refractivity contribution in [1.82, 2.24) is 10.3 Å². The number of carbonyl (C=O) groups excluding carboxylic acids is 1. The fourth-order valence-electron chi connectivity index (χ4n) is 2.60. The van der Waals surface area contributed by atoms with Crippen LogP contribution in [0.15, 0.2) is 54.6 Å². The number of para-hydroxylation sites is 1. The number of rotatable bonds is 7. The normalized spacial score (nSPS) is 10.5. The number of nitrogens with two attached hydrogens (primary N) is 1. The van der Waals surface area contributed by atoms with E-state index in [1.807, 2.05) is 54.6 Å². The third kappa shape index (κ3) is 4.10. The van der Waals surface area contributed by atoms with Gasteiger partial charge in [0.15, 0.2) is 5.69 Å². The Morgan fingerprint density at radius 2 is 1.92 bits per heavy atom. The van der Waals surface area contributed by atoms with E-state index in [4.69, 9.17) is 10.5 Å². The number of anilines is 2. The Bertz CT molecular complexity index is 894. The molecular formula is C20H22N4O2. The van der Waals surface area contributed by atoms with Gasteiger partial charge in [-0.2, -0.15) is 0 Å². The van der Waals surface area contributed by atoms with Gasteiger partial charge >= 0.3 is 0 Å². The molecule has 0 atom stereocenters. The number of hydrogen-bond acceptors (Lipinski definition) is 5. The first-order valence-electron chi connectivity index (χ1n) is 8.50. The highest BCUT2D eigenvalue weighted by Crippen LogP contribution is 2.25. The Morgan fingerprint density at radius 1 is 1.15 bits per heavy atom. The van der Waals surface area contributed by atoms with Gasteiger partial charge in [-0.3, -0.25) is 4.79 Å². The topological polar surface area (TPSA) is 89.3 Å². The molecule has 134 valence electrons. The minimum atomic E-state index is -0.222. The molecule has 6 nitrogen and oxygen atoms in total. The third-order valence-electron chi connectivity index (χ3n) is 3.97. The zero-order valence-corrected chi connectivity index (χ0v) is 14.7. The molecule has 6 heteroatoms. The molecule has 1 amide bonds. The van der Waals surface area contributed by atoms with Gasteiger partial charge in [-0.25, -0.2) is 4.98 Å². The summed E-state index contributed by atoms with van der Waals surface area (Å²) < 4.78 is 5.18. The summed E-state index contributed by atoms with van der Waals surface area (Å²) >= 11 is 0. The van der Waals surface area contributed by atoms with E-state index in [1.54, 1.807) is 7.11 Å². The largest absolute Gasteiger partial charge is 0.497 e. The average Bonchev–Trinajstić information content (AvgIpc) is 2.68. The van der Waals surface area contributed by atoms with Gasteiger partial charge in [-0.15, -0.1) is 0 Å². The van der Waals surface area contributed by atoms with Gasteiger partial charge in [0, 0.05) is 17.6 Å². The van der Waals surface area contributed by atoms with E-state index in [0.29, 0.717) is 24.5 Å². The van der Waals surface area contributed by atoms with Crippen molar-refractivity contribution in [3.05, 3.63) is 60.3 Å². The molecule has 0 radical (unpaired) electrons. The Labute approximate surface area is 152 Å². The van der Waals surface area contributed by atoms with Crippen molar-refractivity contribution in [3.8, 4) is 5.75 Å². The van der Waals surface area contributed by atoms with Crippen LogP contribution in [-0.2, 0) is 0 Å². The molecule has 26 heavy (non-hydrogen) atoms. The first kappa shape index (κ1) is 17.7. The van der Waals surface area contributed by atoms with Crippen molar-refractivity contribution >= 4 is 28.2 Å². The van der Waals surface area contributed by atoms with Crippen LogP contribution in [0.25, 0.3) is 10.9 Å². The van der Waals surface area contributed by atoms with E-state index in [1.165, 1.54) is 0 Å². The van der Waals surface area contributed by atoms with Gasteiger partial charge in [-0.05, 0) is 49.4 Å². The number of benzene rings is 2. The van der Waals surface area contributed by atoms with Crippen LogP contribution in [0.4, 0.5) is 11.4 Å². The fraction of sp³-hybridized carbons (Fsp3) is 0.200. The number of amides is 1. The molecule has 0 saturated carbocycles. The minimum Gasteiger partial charge on any atom is -0.497 e. The quantitative estimate of drug-likeness (QED) is 0.570. The molecule has 3 aromatic rings. The van der Waals surface area contributed by atoms with Crippen LogP contribution < -0.4 is 21.1 Å². The molecule has 0 aliphatic carbocycles. The molecule has 0 spiro atoms. The smallest absolute Gasteiger partial charge is 0.272 e. The molecule has 1 heterocycles. The van der Waals surface area contributed by atoms with Crippen molar-refractivity contribution in [1.29, 1.82) is 0 Å². The van der Waals surface area contributed by atoms with Crippen LogP contribution in [0.2, 0.25) is 0 Å². The Balaban J connectivity index is 1.94. The van der Waals surface area contributed by atoms with E-state index >= 15 is 0 Å². The summed E-state index contributed by atoms with van der Waals surface area (Å²) in [7, 11) is 1.62. The van der Waals surface area contributed by atoms with E-state index in [9.17, 15) is 4.79 Å². The van der Waals surface area contributed by atoms with Crippen molar-refractivity contribution in [3.63, 3.8) is 0 Å². The Kier molecular flexibility index (Phi) is 5.66. The lowest BCUT2D eigenvalue weighted by molar-refractivity contribution is 0.0950. The lowest BCUT2D eigenvalue weighted by atomic mass is 10.1. The number of hydrogen-bond donors (Lipinski definition) is 3. The average molecular weight is 350 g/mol. The Morgan fingerprint density at radius 3 is 2.65 bits per heavy atom. The molecule has 0 fully saturated rings. The van der Waals surface area contributed by atoms with Crippen molar-refractivity contribution in [2.45, 2.75) is 6.42 Å². The molecule has 3 rings (SSSR count). The number of nitrogens with one attached hydrogen (secondary N) is 2. The second-order valence-corrected chi connectivity index (χ2v) is 5.83. The number of methoxy groups -OCH3 is 1. The summed E-state index contributed by atoms with van der Waals surface area (Å²) in [5.41, 5.74) is 8.12. The second-order valence-electron chi connectivity index (χ2n) is 5.83. The summed E-state index contributed by atoms with van der Waals surface area (Å²) in [5, 5.41) is 7.11. The van der Waals surface area contributed by atoms with Crippen LogP contribution in [0.1, 0.15) is 16.9 Å². The number of ether oxygens (including phenoxy) is 1. The fourth-order valence-corrected chi connectivity index (χ4v) is 2.60. The Hall–Kier alpha value is -3.12. The maximum absolute atomic E-state index is 12.6. The highest BCUT2D eigenvalue weighted by atomic mass is 16.5.